The lowest BCUT2D eigenvalue weighted by molar-refractivity contribution is 0.174. The quantitative estimate of drug-likeness (QED) is 0.675. The first kappa shape index (κ1) is 8.81. The smallest absolute Gasteiger partial charge is 0.321 e. The van der Waals surface area contributed by atoms with Gasteiger partial charge in [-0.05, 0) is 26.3 Å². The third-order valence-electron chi connectivity index (χ3n) is 2.92. The molecule has 2 saturated heterocycles. The maximum atomic E-state index is 11.7. The van der Waals surface area contributed by atoms with Crippen LogP contribution in [0.2, 0.25) is 0 Å². The van der Waals surface area contributed by atoms with Crippen molar-refractivity contribution >= 4 is 6.03 Å². The van der Waals surface area contributed by atoms with Gasteiger partial charge in [0.25, 0.3) is 0 Å². The summed E-state index contributed by atoms with van der Waals surface area (Å²) < 4.78 is 0. The van der Waals surface area contributed by atoms with Gasteiger partial charge in [-0.3, -0.25) is 5.32 Å². The van der Waals surface area contributed by atoms with Crippen molar-refractivity contribution < 1.29 is 4.79 Å². The van der Waals surface area contributed by atoms with E-state index in [4.69, 9.17) is 0 Å². The first-order valence-corrected chi connectivity index (χ1v) is 5.12. The Balaban J connectivity index is 1.97. The predicted octanol–water partition coefficient (Wildman–Crippen LogP) is 0.453. The number of urea groups is 1. The van der Waals surface area contributed by atoms with E-state index < -0.39 is 0 Å². The number of rotatable bonds is 2. The van der Waals surface area contributed by atoms with Crippen molar-refractivity contribution in [2.45, 2.75) is 25.9 Å². The van der Waals surface area contributed by atoms with Crippen LogP contribution in [0.4, 0.5) is 4.79 Å². The molecule has 0 saturated carbocycles. The van der Waals surface area contributed by atoms with Gasteiger partial charge >= 0.3 is 6.03 Å². The summed E-state index contributed by atoms with van der Waals surface area (Å²) in [5.41, 5.74) is 0. The topological polar surface area (TPSA) is 35.6 Å². The van der Waals surface area contributed by atoms with Gasteiger partial charge in [0, 0.05) is 19.6 Å². The molecule has 74 valence electrons. The third kappa shape index (κ3) is 1.50. The summed E-state index contributed by atoms with van der Waals surface area (Å²) in [6.07, 6.45) is 2.62. The molecular weight excluding hydrogens is 166 g/mol. The zero-order chi connectivity index (χ0) is 9.26. The van der Waals surface area contributed by atoms with E-state index in [1.165, 1.54) is 6.42 Å². The van der Waals surface area contributed by atoms with E-state index in [0.717, 1.165) is 32.6 Å². The van der Waals surface area contributed by atoms with E-state index in [1.54, 1.807) is 0 Å². The van der Waals surface area contributed by atoms with E-state index in [2.05, 4.69) is 5.32 Å². The fourth-order valence-electron chi connectivity index (χ4n) is 2.12. The summed E-state index contributed by atoms with van der Waals surface area (Å²) in [5, 5.41) is 3.35. The molecule has 2 heterocycles. The van der Waals surface area contributed by atoms with Gasteiger partial charge in [-0.25, -0.2) is 4.79 Å². The Morgan fingerprint density at radius 2 is 2.38 bits per heavy atom. The summed E-state index contributed by atoms with van der Waals surface area (Å²) >= 11 is 0. The SMILES string of the molecule is CCN1CCN(C2CCCN2)C1=O. The molecule has 0 aromatic rings. The van der Waals surface area contributed by atoms with Crippen molar-refractivity contribution in [3.8, 4) is 0 Å². The lowest BCUT2D eigenvalue weighted by atomic mass is 10.3. The molecular formula is C9H17N3O. The first-order valence-electron chi connectivity index (χ1n) is 5.12. The van der Waals surface area contributed by atoms with E-state index in [0.29, 0.717) is 6.17 Å². The maximum Gasteiger partial charge on any atom is 0.321 e. The number of carbonyl (C=O) groups is 1. The van der Waals surface area contributed by atoms with E-state index in [-0.39, 0.29) is 6.03 Å². The fourth-order valence-corrected chi connectivity index (χ4v) is 2.12. The third-order valence-corrected chi connectivity index (χ3v) is 2.92. The van der Waals surface area contributed by atoms with Crippen molar-refractivity contribution in [2.75, 3.05) is 26.2 Å². The second kappa shape index (κ2) is 3.54. The molecule has 2 aliphatic heterocycles. The average molecular weight is 183 g/mol. The van der Waals surface area contributed by atoms with Crippen LogP contribution in [0.15, 0.2) is 0 Å². The largest absolute Gasteiger partial charge is 0.323 e. The van der Waals surface area contributed by atoms with Gasteiger partial charge in [0.2, 0.25) is 0 Å². The van der Waals surface area contributed by atoms with E-state index in [9.17, 15) is 4.79 Å². The normalized spacial score (nSPS) is 29.0. The molecule has 4 heteroatoms. The van der Waals surface area contributed by atoms with E-state index in [1.807, 2.05) is 16.7 Å². The summed E-state index contributed by atoms with van der Waals surface area (Å²) in [4.78, 5) is 15.6. The summed E-state index contributed by atoms with van der Waals surface area (Å²) in [6.45, 7) is 5.71. The van der Waals surface area contributed by atoms with E-state index >= 15 is 0 Å². The highest BCUT2D eigenvalue weighted by Gasteiger charge is 2.33. The molecule has 1 unspecified atom stereocenters. The summed E-state index contributed by atoms with van der Waals surface area (Å²) in [5.74, 6) is 0. The Hall–Kier alpha value is -0.770. The molecule has 2 fully saturated rings. The zero-order valence-corrected chi connectivity index (χ0v) is 8.12. The molecule has 4 nitrogen and oxygen atoms in total. The van der Waals surface area contributed by atoms with Gasteiger partial charge in [-0.15, -0.1) is 0 Å². The highest BCUT2D eigenvalue weighted by molar-refractivity contribution is 5.76. The van der Waals surface area contributed by atoms with Crippen molar-refractivity contribution in [1.29, 1.82) is 0 Å². The number of hydrogen-bond donors (Lipinski definition) is 1. The van der Waals surface area contributed by atoms with Gasteiger partial charge in [-0.1, -0.05) is 0 Å². The molecule has 2 rings (SSSR count). The van der Waals surface area contributed by atoms with Crippen LogP contribution in [0.1, 0.15) is 19.8 Å². The number of nitrogens with one attached hydrogen (secondary N) is 1. The number of nitrogens with zero attached hydrogens (tertiary/aromatic N) is 2. The van der Waals surface area contributed by atoms with Crippen molar-refractivity contribution in [3.05, 3.63) is 0 Å². The molecule has 0 radical (unpaired) electrons. The summed E-state index contributed by atoms with van der Waals surface area (Å²) in [7, 11) is 0. The Morgan fingerprint density at radius 1 is 1.54 bits per heavy atom. The van der Waals surface area contributed by atoms with Crippen LogP contribution in [-0.2, 0) is 0 Å². The Kier molecular flexibility index (Phi) is 2.40. The minimum atomic E-state index is 0.210. The van der Waals surface area contributed by atoms with Crippen LogP contribution in [0.3, 0.4) is 0 Å². The second-order valence-electron chi connectivity index (χ2n) is 3.67. The zero-order valence-electron chi connectivity index (χ0n) is 8.12. The summed E-state index contributed by atoms with van der Waals surface area (Å²) in [6, 6.07) is 0.210. The Labute approximate surface area is 78.9 Å². The standard InChI is InChI=1S/C9H17N3O/c1-2-11-6-7-12(9(11)13)8-4-3-5-10-8/h8,10H,2-7H2,1H3. The van der Waals surface area contributed by atoms with Crippen LogP contribution in [0, 0.1) is 0 Å². The average Bonchev–Trinajstić information content (AvgIpc) is 2.72. The molecule has 1 N–H and O–H groups in total. The van der Waals surface area contributed by atoms with Gasteiger partial charge in [0.05, 0.1) is 6.17 Å². The molecule has 1 atom stereocenters. The van der Waals surface area contributed by atoms with Gasteiger partial charge < -0.3 is 9.80 Å². The molecule has 0 spiro atoms. The lowest BCUT2D eigenvalue weighted by Crippen LogP contribution is -2.44. The van der Waals surface area contributed by atoms with Crippen LogP contribution < -0.4 is 5.32 Å². The van der Waals surface area contributed by atoms with Crippen LogP contribution in [0.5, 0.6) is 0 Å². The highest BCUT2D eigenvalue weighted by Crippen LogP contribution is 2.16. The second-order valence-corrected chi connectivity index (χ2v) is 3.67. The molecule has 0 aliphatic carbocycles. The minimum Gasteiger partial charge on any atom is -0.323 e. The van der Waals surface area contributed by atoms with Gasteiger partial charge in [0.1, 0.15) is 0 Å². The van der Waals surface area contributed by atoms with Gasteiger partial charge in [-0.2, -0.15) is 0 Å². The maximum absolute atomic E-state index is 11.7. The molecule has 0 aromatic carbocycles. The van der Waals surface area contributed by atoms with Crippen molar-refractivity contribution in [1.82, 2.24) is 15.1 Å². The lowest BCUT2D eigenvalue weighted by Gasteiger charge is -2.23. The molecule has 13 heavy (non-hydrogen) atoms. The van der Waals surface area contributed by atoms with Crippen molar-refractivity contribution in [2.24, 2.45) is 0 Å². The predicted molar refractivity (Wildman–Crippen MR) is 50.4 cm³/mol. The highest BCUT2D eigenvalue weighted by atomic mass is 16.2. The monoisotopic (exact) mass is 183 g/mol. The fraction of sp³-hybridized carbons (Fsp3) is 0.889. The minimum absolute atomic E-state index is 0.210. The number of hydrogen-bond acceptors (Lipinski definition) is 2. The van der Waals surface area contributed by atoms with Crippen molar-refractivity contribution in [3.63, 3.8) is 0 Å². The van der Waals surface area contributed by atoms with Crippen LogP contribution in [-0.4, -0.2) is 48.2 Å². The Morgan fingerprint density at radius 3 is 2.92 bits per heavy atom. The van der Waals surface area contributed by atoms with Crippen LogP contribution in [0.25, 0.3) is 0 Å². The molecule has 2 aliphatic rings. The molecule has 0 aromatic heterocycles. The molecule has 0 bridgehead atoms. The number of amides is 2. The number of carbonyl (C=O) groups excluding carboxylic acids is 1. The van der Waals surface area contributed by atoms with Gasteiger partial charge in [0.15, 0.2) is 0 Å². The Bertz CT molecular complexity index is 201. The number of likely N-dealkylation sites (N-methyl/N-ethyl adjacent to an activating group) is 1. The van der Waals surface area contributed by atoms with Crippen LogP contribution >= 0.6 is 0 Å². The first-order chi connectivity index (χ1) is 6.33. The molecule has 2 amide bonds.